The summed E-state index contributed by atoms with van der Waals surface area (Å²) in [5.41, 5.74) is 1.08. The van der Waals surface area contributed by atoms with Gasteiger partial charge in [0.25, 0.3) is 0 Å². The number of carbonyl (C=O) groups is 1. The summed E-state index contributed by atoms with van der Waals surface area (Å²) >= 11 is 0. The van der Waals surface area contributed by atoms with Crippen LogP contribution in [0.2, 0.25) is 0 Å². The molecule has 0 saturated heterocycles. The van der Waals surface area contributed by atoms with Crippen molar-refractivity contribution >= 4 is 5.97 Å². The lowest BCUT2D eigenvalue weighted by Gasteiger charge is -2.09. The number of carboxylic acid groups (broad SMARTS) is 1. The Labute approximate surface area is 90.2 Å². The molecule has 1 unspecified atom stereocenters. The quantitative estimate of drug-likeness (QED) is 0.779. The SMILES string of the molecule is CC(CCCC(=O)O)Cc1ccccn1. The van der Waals surface area contributed by atoms with Crippen molar-refractivity contribution in [2.45, 2.75) is 32.6 Å². The lowest BCUT2D eigenvalue weighted by atomic mass is 9.98. The van der Waals surface area contributed by atoms with Crippen molar-refractivity contribution in [2.24, 2.45) is 5.92 Å². The third-order valence-electron chi connectivity index (χ3n) is 2.37. The first-order chi connectivity index (χ1) is 7.18. The standard InChI is InChI=1S/C12H17NO2/c1-10(5-4-7-12(14)15)9-11-6-2-3-8-13-11/h2-3,6,8,10H,4-5,7,9H2,1H3,(H,14,15). The van der Waals surface area contributed by atoms with Gasteiger partial charge in [0, 0.05) is 18.3 Å². The van der Waals surface area contributed by atoms with Crippen LogP contribution in [-0.4, -0.2) is 16.1 Å². The summed E-state index contributed by atoms with van der Waals surface area (Å²) < 4.78 is 0. The first-order valence-electron chi connectivity index (χ1n) is 5.30. The molecule has 1 aromatic heterocycles. The minimum Gasteiger partial charge on any atom is -0.481 e. The maximum absolute atomic E-state index is 10.3. The average molecular weight is 207 g/mol. The van der Waals surface area contributed by atoms with Crippen molar-refractivity contribution in [3.63, 3.8) is 0 Å². The lowest BCUT2D eigenvalue weighted by Crippen LogP contribution is -2.03. The summed E-state index contributed by atoms with van der Waals surface area (Å²) in [4.78, 5) is 14.6. The van der Waals surface area contributed by atoms with Gasteiger partial charge in [0.2, 0.25) is 0 Å². The van der Waals surface area contributed by atoms with E-state index < -0.39 is 5.97 Å². The van der Waals surface area contributed by atoms with E-state index in [4.69, 9.17) is 5.11 Å². The predicted molar refractivity (Wildman–Crippen MR) is 58.6 cm³/mol. The van der Waals surface area contributed by atoms with Gasteiger partial charge in [-0.1, -0.05) is 13.0 Å². The molecule has 0 aliphatic carbocycles. The van der Waals surface area contributed by atoms with Crippen molar-refractivity contribution in [2.75, 3.05) is 0 Å². The summed E-state index contributed by atoms with van der Waals surface area (Å²) in [6, 6.07) is 5.89. The second-order valence-corrected chi connectivity index (χ2v) is 3.92. The van der Waals surface area contributed by atoms with E-state index in [1.54, 1.807) is 6.20 Å². The first kappa shape index (κ1) is 11.7. The Hall–Kier alpha value is -1.38. The minimum atomic E-state index is -0.708. The molecule has 3 nitrogen and oxygen atoms in total. The molecule has 0 aromatic carbocycles. The molecule has 1 rings (SSSR count). The fourth-order valence-corrected chi connectivity index (χ4v) is 1.58. The molecule has 0 amide bonds. The van der Waals surface area contributed by atoms with Gasteiger partial charge in [-0.05, 0) is 37.3 Å². The fraction of sp³-hybridized carbons (Fsp3) is 0.500. The molecule has 1 aromatic rings. The highest BCUT2D eigenvalue weighted by atomic mass is 16.4. The number of rotatable bonds is 6. The summed E-state index contributed by atoms with van der Waals surface area (Å²) in [5, 5.41) is 8.50. The Morgan fingerprint density at radius 2 is 2.33 bits per heavy atom. The molecule has 82 valence electrons. The van der Waals surface area contributed by atoms with Crippen LogP contribution in [0.3, 0.4) is 0 Å². The topological polar surface area (TPSA) is 50.2 Å². The van der Waals surface area contributed by atoms with Crippen LogP contribution in [0.5, 0.6) is 0 Å². The van der Waals surface area contributed by atoms with Crippen LogP contribution in [-0.2, 0) is 11.2 Å². The highest BCUT2D eigenvalue weighted by Crippen LogP contribution is 2.12. The van der Waals surface area contributed by atoms with Gasteiger partial charge in [0.1, 0.15) is 0 Å². The van der Waals surface area contributed by atoms with Gasteiger partial charge in [0.05, 0.1) is 0 Å². The zero-order valence-electron chi connectivity index (χ0n) is 9.02. The number of hydrogen-bond acceptors (Lipinski definition) is 2. The molecule has 3 heteroatoms. The van der Waals surface area contributed by atoms with Gasteiger partial charge in [-0.2, -0.15) is 0 Å². The molecule has 0 saturated carbocycles. The number of aliphatic carboxylic acids is 1. The minimum absolute atomic E-state index is 0.270. The lowest BCUT2D eigenvalue weighted by molar-refractivity contribution is -0.137. The monoisotopic (exact) mass is 207 g/mol. The van der Waals surface area contributed by atoms with E-state index in [9.17, 15) is 4.79 Å². The van der Waals surface area contributed by atoms with Crippen LogP contribution in [0.1, 0.15) is 31.9 Å². The summed E-state index contributed by atoms with van der Waals surface area (Å²) in [7, 11) is 0. The van der Waals surface area contributed by atoms with Gasteiger partial charge in [-0.25, -0.2) is 0 Å². The van der Waals surface area contributed by atoms with Gasteiger partial charge in [-0.3, -0.25) is 9.78 Å². The number of carboxylic acids is 1. The highest BCUT2D eigenvalue weighted by molar-refractivity contribution is 5.66. The summed E-state index contributed by atoms with van der Waals surface area (Å²) in [6.07, 6.45) is 4.69. The van der Waals surface area contributed by atoms with Crippen molar-refractivity contribution in [3.8, 4) is 0 Å². The highest BCUT2D eigenvalue weighted by Gasteiger charge is 2.05. The molecule has 0 aliphatic rings. The van der Waals surface area contributed by atoms with Gasteiger partial charge in [-0.15, -0.1) is 0 Å². The Morgan fingerprint density at radius 1 is 1.53 bits per heavy atom. The van der Waals surface area contributed by atoms with Crippen LogP contribution in [0, 0.1) is 5.92 Å². The summed E-state index contributed by atoms with van der Waals surface area (Å²) in [5.74, 6) is -0.209. The zero-order valence-corrected chi connectivity index (χ0v) is 9.02. The van der Waals surface area contributed by atoms with Crippen molar-refractivity contribution in [3.05, 3.63) is 30.1 Å². The molecule has 0 aliphatic heterocycles. The largest absolute Gasteiger partial charge is 0.481 e. The third-order valence-corrected chi connectivity index (χ3v) is 2.37. The molecular formula is C12H17NO2. The molecule has 1 atom stereocenters. The van der Waals surface area contributed by atoms with E-state index in [1.807, 2.05) is 18.2 Å². The fourth-order valence-electron chi connectivity index (χ4n) is 1.58. The van der Waals surface area contributed by atoms with Crippen molar-refractivity contribution in [1.29, 1.82) is 0 Å². The molecule has 15 heavy (non-hydrogen) atoms. The molecule has 1 heterocycles. The maximum atomic E-state index is 10.3. The normalized spacial score (nSPS) is 12.3. The van der Waals surface area contributed by atoms with Crippen LogP contribution in [0.15, 0.2) is 24.4 Å². The predicted octanol–water partition coefficient (Wildman–Crippen LogP) is 2.52. The van der Waals surface area contributed by atoms with E-state index in [1.165, 1.54) is 0 Å². The molecule has 1 N–H and O–H groups in total. The Morgan fingerprint density at radius 3 is 2.93 bits per heavy atom. The van der Waals surface area contributed by atoms with Crippen LogP contribution < -0.4 is 0 Å². The van der Waals surface area contributed by atoms with E-state index >= 15 is 0 Å². The number of hydrogen-bond donors (Lipinski definition) is 1. The number of aromatic nitrogens is 1. The van der Waals surface area contributed by atoms with E-state index in [0.29, 0.717) is 5.92 Å². The van der Waals surface area contributed by atoms with Crippen molar-refractivity contribution in [1.82, 2.24) is 4.98 Å². The number of pyridine rings is 1. The third kappa shape index (κ3) is 5.15. The number of nitrogens with zero attached hydrogens (tertiary/aromatic N) is 1. The van der Waals surface area contributed by atoms with Crippen LogP contribution in [0.4, 0.5) is 0 Å². The van der Waals surface area contributed by atoms with Gasteiger partial charge < -0.3 is 5.11 Å². The molecule has 0 spiro atoms. The van der Waals surface area contributed by atoms with Crippen LogP contribution >= 0.6 is 0 Å². The molecular weight excluding hydrogens is 190 g/mol. The molecule has 0 bridgehead atoms. The second-order valence-electron chi connectivity index (χ2n) is 3.92. The average Bonchev–Trinajstić information content (AvgIpc) is 2.18. The van der Waals surface area contributed by atoms with E-state index in [-0.39, 0.29) is 6.42 Å². The Kier molecular flexibility index (Phi) is 4.81. The smallest absolute Gasteiger partial charge is 0.303 e. The summed E-state index contributed by atoms with van der Waals surface area (Å²) in [6.45, 7) is 2.14. The second kappa shape index (κ2) is 6.17. The maximum Gasteiger partial charge on any atom is 0.303 e. The van der Waals surface area contributed by atoms with E-state index in [2.05, 4.69) is 11.9 Å². The zero-order chi connectivity index (χ0) is 11.1. The van der Waals surface area contributed by atoms with Gasteiger partial charge in [0.15, 0.2) is 0 Å². The Bertz CT molecular complexity index is 298. The molecule has 0 fully saturated rings. The Balaban J connectivity index is 2.24. The van der Waals surface area contributed by atoms with Crippen LogP contribution in [0.25, 0.3) is 0 Å². The van der Waals surface area contributed by atoms with Crippen molar-refractivity contribution < 1.29 is 9.90 Å². The molecule has 0 radical (unpaired) electrons. The first-order valence-corrected chi connectivity index (χ1v) is 5.30. The van der Waals surface area contributed by atoms with E-state index in [0.717, 1.165) is 25.0 Å². The van der Waals surface area contributed by atoms with Gasteiger partial charge >= 0.3 is 5.97 Å².